The minimum Gasteiger partial charge on any atom is -0.367 e. The molecule has 1 saturated heterocycles. The van der Waals surface area contributed by atoms with Gasteiger partial charge in [-0.05, 0) is 0 Å². The largest absolute Gasteiger partial charge is 0.367 e. The highest BCUT2D eigenvalue weighted by molar-refractivity contribution is 5.93. The maximum absolute atomic E-state index is 4.33. The predicted molar refractivity (Wildman–Crippen MR) is 66.8 cm³/mol. The van der Waals surface area contributed by atoms with Crippen molar-refractivity contribution in [3.05, 3.63) is 36.7 Å². The van der Waals surface area contributed by atoms with Gasteiger partial charge in [0.25, 0.3) is 0 Å². The van der Waals surface area contributed by atoms with E-state index < -0.39 is 0 Å². The molecule has 1 N–H and O–H groups in total. The molecule has 0 atom stereocenters. The van der Waals surface area contributed by atoms with Crippen LogP contribution in [0.25, 0.3) is 10.8 Å². The standard InChI is InChI=1S/C13H15N3/c1-2-4-12-11(3-1)9-15-10-13(12)16-7-5-14-6-8-16/h1-4,9-10,14H,5-8H2. The molecular weight excluding hydrogens is 198 g/mol. The van der Waals surface area contributed by atoms with Crippen molar-refractivity contribution in [2.75, 3.05) is 31.1 Å². The van der Waals surface area contributed by atoms with Crippen LogP contribution >= 0.6 is 0 Å². The lowest BCUT2D eigenvalue weighted by Gasteiger charge is -2.30. The van der Waals surface area contributed by atoms with Crippen LogP contribution in [0.15, 0.2) is 36.7 Å². The van der Waals surface area contributed by atoms with Gasteiger partial charge < -0.3 is 10.2 Å². The normalized spacial score (nSPS) is 16.6. The monoisotopic (exact) mass is 213 g/mol. The first-order valence-electron chi connectivity index (χ1n) is 5.73. The van der Waals surface area contributed by atoms with Gasteiger partial charge in [0.05, 0.1) is 11.9 Å². The summed E-state index contributed by atoms with van der Waals surface area (Å²) in [5.74, 6) is 0. The molecule has 1 aliphatic heterocycles. The fourth-order valence-corrected chi connectivity index (χ4v) is 2.26. The highest BCUT2D eigenvalue weighted by atomic mass is 15.2. The van der Waals surface area contributed by atoms with E-state index in [1.807, 2.05) is 12.4 Å². The van der Waals surface area contributed by atoms with Crippen molar-refractivity contribution < 1.29 is 0 Å². The number of benzene rings is 1. The van der Waals surface area contributed by atoms with Crippen molar-refractivity contribution in [1.82, 2.24) is 10.3 Å². The predicted octanol–water partition coefficient (Wildman–Crippen LogP) is 1.64. The van der Waals surface area contributed by atoms with E-state index in [-0.39, 0.29) is 0 Å². The molecule has 1 aromatic heterocycles. The van der Waals surface area contributed by atoms with E-state index in [2.05, 4.69) is 39.5 Å². The Kier molecular flexibility index (Phi) is 2.46. The zero-order valence-corrected chi connectivity index (χ0v) is 9.19. The fraction of sp³-hybridized carbons (Fsp3) is 0.308. The molecule has 0 unspecified atom stereocenters. The molecule has 2 aromatic rings. The molecule has 3 nitrogen and oxygen atoms in total. The Morgan fingerprint density at radius 3 is 2.75 bits per heavy atom. The van der Waals surface area contributed by atoms with Crippen LogP contribution in [0.4, 0.5) is 5.69 Å². The first-order chi connectivity index (χ1) is 7.95. The third-order valence-corrected chi connectivity index (χ3v) is 3.10. The maximum Gasteiger partial charge on any atom is 0.0633 e. The molecule has 0 bridgehead atoms. The van der Waals surface area contributed by atoms with Crippen molar-refractivity contribution in [2.45, 2.75) is 0 Å². The summed E-state index contributed by atoms with van der Waals surface area (Å²) in [5, 5.41) is 5.90. The van der Waals surface area contributed by atoms with Crippen molar-refractivity contribution in [3.8, 4) is 0 Å². The summed E-state index contributed by atoms with van der Waals surface area (Å²) in [5.41, 5.74) is 1.26. The summed E-state index contributed by atoms with van der Waals surface area (Å²) in [6, 6.07) is 8.45. The second-order valence-electron chi connectivity index (χ2n) is 4.12. The van der Waals surface area contributed by atoms with Gasteiger partial charge in [-0.1, -0.05) is 24.3 Å². The number of piperazine rings is 1. The number of hydrogen-bond acceptors (Lipinski definition) is 3. The lowest BCUT2D eigenvalue weighted by molar-refractivity contribution is 0.590. The van der Waals surface area contributed by atoms with Crippen molar-refractivity contribution in [1.29, 1.82) is 0 Å². The quantitative estimate of drug-likeness (QED) is 0.780. The van der Waals surface area contributed by atoms with Gasteiger partial charge in [-0.2, -0.15) is 0 Å². The summed E-state index contributed by atoms with van der Waals surface area (Å²) in [4.78, 5) is 6.73. The molecule has 1 aliphatic rings. The third-order valence-electron chi connectivity index (χ3n) is 3.10. The van der Waals surface area contributed by atoms with Gasteiger partial charge in [0, 0.05) is 43.1 Å². The molecule has 0 spiro atoms. The number of anilines is 1. The second kappa shape index (κ2) is 4.10. The topological polar surface area (TPSA) is 28.2 Å². The van der Waals surface area contributed by atoms with E-state index in [0.29, 0.717) is 0 Å². The Hall–Kier alpha value is -1.61. The van der Waals surface area contributed by atoms with Crippen LogP contribution in [0.5, 0.6) is 0 Å². The van der Waals surface area contributed by atoms with E-state index in [9.17, 15) is 0 Å². The fourth-order valence-electron chi connectivity index (χ4n) is 2.26. The summed E-state index contributed by atoms with van der Waals surface area (Å²) in [6.45, 7) is 4.25. The summed E-state index contributed by atoms with van der Waals surface area (Å²) in [7, 11) is 0. The van der Waals surface area contributed by atoms with Gasteiger partial charge in [0.2, 0.25) is 0 Å². The van der Waals surface area contributed by atoms with Gasteiger partial charge >= 0.3 is 0 Å². The van der Waals surface area contributed by atoms with Crippen LogP contribution in [0.3, 0.4) is 0 Å². The highest BCUT2D eigenvalue weighted by Crippen LogP contribution is 2.25. The highest BCUT2D eigenvalue weighted by Gasteiger charge is 2.12. The van der Waals surface area contributed by atoms with Gasteiger partial charge in [-0.3, -0.25) is 4.98 Å². The Morgan fingerprint density at radius 2 is 1.88 bits per heavy atom. The smallest absolute Gasteiger partial charge is 0.0633 e. The van der Waals surface area contributed by atoms with Crippen LogP contribution in [0, 0.1) is 0 Å². The number of aromatic nitrogens is 1. The van der Waals surface area contributed by atoms with Crippen molar-refractivity contribution in [2.24, 2.45) is 0 Å². The molecule has 16 heavy (non-hydrogen) atoms. The molecule has 0 amide bonds. The average molecular weight is 213 g/mol. The minimum absolute atomic E-state index is 1.06. The summed E-state index contributed by atoms with van der Waals surface area (Å²) in [6.07, 6.45) is 3.91. The number of fused-ring (bicyclic) bond motifs is 1. The average Bonchev–Trinajstić information content (AvgIpc) is 2.39. The van der Waals surface area contributed by atoms with Crippen LogP contribution in [-0.2, 0) is 0 Å². The van der Waals surface area contributed by atoms with Gasteiger partial charge in [0.1, 0.15) is 0 Å². The van der Waals surface area contributed by atoms with Crippen LogP contribution in [0.2, 0.25) is 0 Å². The number of nitrogens with one attached hydrogen (secondary N) is 1. The second-order valence-corrected chi connectivity index (χ2v) is 4.12. The molecular formula is C13H15N3. The first kappa shape index (κ1) is 9.60. The number of rotatable bonds is 1. The molecule has 3 rings (SSSR count). The Balaban J connectivity index is 2.08. The van der Waals surface area contributed by atoms with Crippen molar-refractivity contribution >= 4 is 16.5 Å². The Labute approximate surface area is 95.1 Å². The molecule has 3 heteroatoms. The molecule has 0 radical (unpaired) electrons. The molecule has 2 heterocycles. The van der Waals surface area contributed by atoms with Gasteiger partial charge in [-0.25, -0.2) is 0 Å². The molecule has 82 valence electrons. The lowest BCUT2D eigenvalue weighted by atomic mass is 10.1. The SMILES string of the molecule is c1ccc2c(N3CCNCC3)cncc2c1. The molecule has 0 saturated carbocycles. The number of pyridine rings is 1. The number of hydrogen-bond donors (Lipinski definition) is 1. The van der Waals surface area contributed by atoms with Gasteiger partial charge in [-0.15, -0.1) is 0 Å². The molecule has 1 aromatic carbocycles. The molecule has 0 aliphatic carbocycles. The van der Waals surface area contributed by atoms with E-state index in [1.165, 1.54) is 16.5 Å². The van der Waals surface area contributed by atoms with E-state index in [0.717, 1.165) is 26.2 Å². The Bertz CT molecular complexity index is 484. The zero-order valence-electron chi connectivity index (χ0n) is 9.19. The van der Waals surface area contributed by atoms with Gasteiger partial charge in [0.15, 0.2) is 0 Å². The summed E-state index contributed by atoms with van der Waals surface area (Å²) >= 11 is 0. The van der Waals surface area contributed by atoms with Crippen LogP contribution in [0.1, 0.15) is 0 Å². The molecule has 1 fully saturated rings. The minimum atomic E-state index is 1.06. The Morgan fingerprint density at radius 1 is 1.06 bits per heavy atom. The lowest BCUT2D eigenvalue weighted by Crippen LogP contribution is -2.43. The first-order valence-corrected chi connectivity index (χ1v) is 5.73. The third kappa shape index (κ3) is 1.63. The van der Waals surface area contributed by atoms with Crippen LogP contribution in [-0.4, -0.2) is 31.2 Å². The van der Waals surface area contributed by atoms with Crippen molar-refractivity contribution in [3.63, 3.8) is 0 Å². The zero-order chi connectivity index (χ0) is 10.8. The number of nitrogens with zero attached hydrogens (tertiary/aromatic N) is 2. The van der Waals surface area contributed by atoms with Crippen LogP contribution < -0.4 is 10.2 Å². The summed E-state index contributed by atoms with van der Waals surface area (Å²) < 4.78 is 0. The van der Waals surface area contributed by atoms with E-state index >= 15 is 0 Å². The maximum atomic E-state index is 4.33. The van der Waals surface area contributed by atoms with E-state index in [1.54, 1.807) is 0 Å². The van der Waals surface area contributed by atoms with E-state index in [4.69, 9.17) is 0 Å².